The van der Waals surface area contributed by atoms with Gasteiger partial charge in [-0.1, -0.05) is 37.6 Å². The van der Waals surface area contributed by atoms with Crippen LogP contribution in [0.1, 0.15) is 39.3 Å². The van der Waals surface area contributed by atoms with Gasteiger partial charge in [0.15, 0.2) is 5.82 Å². The molecule has 2 aromatic rings. The summed E-state index contributed by atoms with van der Waals surface area (Å²) in [5, 5.41) is 0.500. The first kappa shape index (κ1) is 16.5. The Morgan fingerprint density at radius 3 is 2.48 bits per heavy atom. The average molecular weight is 417 g/mol. The van der Waals surface area contributed by atoms with Crippen molar-refractivity contribution in [1.29, 1.82) is 0 Å². The van der Waals surface area contributed by atoms with E-state index in [2.05, 4.69) is 46.4 Å². The summed E-state index contributed by atoms with van der Waals surface area (Å²) in [6, 6.07) is 7.79. The monoisotopic (exact) mass is 416 g/mol. The summed E-state index contributed by atoms with van der Waals surface area (Å²) >= 11 is 8.44. The Morgan fingerprint density at radius 1 is 1.14 bits per heavy atom. The van der Waals surface area contributed by atoms with Crippen LogP contribution in [0.4, 0.5) is 0 Å². The van der Waals surface area contributed by atoms with Gasteiger partial charge < -0.3 is 4.74 Å². The molecule has 1 aromatic carbocycles. The van der Waals surface area contributed by atoms with Crippen molar-refractivity contribution in [3.8, 4) is 17.1 Å². The first-order valence-corrected chi connectivity index (χ1v) is 8.34. The van der Waals surface area contributed by atoms with Crippen molar-refractivity contribution >= 4 is 34.2 Å². The van der Waals surface area contributed by atoms with Crippen LogP contribution in [0.15, 0.2) is 24.3 Å². The van der Waals surface area contributed by atoms with Crippen LogP contribution >= 0.6 is 34.2 Å². The predicted molar refractivity (Wildman–Crippen MR) is 95.0 cm³/mol. The number of hydrogen-bond acceptors (Lipinski definition) is 3. The summed E-state index contributed by atoms with van der Waals surface area (Å²) in [5.41, 5.74) is 1.88. The van der Waals surface area contributed by atoms with E-state index in [9.17, 15) is 0 Å². The van der Waals surface area contributed by atoms with Gasteiger partial charge in [-0.2, -0.15) is 0 Å². The first-order valence-electron chi connectivity index (χ1n) is 6.88. The number of hydrogen-bond donors (Lipinski definition) is 0. The number of benzene rings is 1. The van der Waals surface area contributed by atoms with Crippen LogP contribution in [-0.2, 0) is 0 Å². The topological polar surface area (TPSA) is 35.0 Å². The third-order valence-corrected chi connectivity index (χ3v) is 4.50. The summed E-state index contributed by atoms with van der Waals surface area (Å²) in [6.45, 7) is 8.20. The maximum Gasteiger partial charge on any atom is 0.161 e. The van der Waals surface area contributed by atoms with Crippen LogP contribution in [0.25, 0.3) is 11.4 Å². The molecule has 0 spiro atoms. The molecule has 0 unspecified atom stereocenters. The highest BCUT2D eigenvalue weighted by molar-refractivity contribution is 14.1. The molecule has 2 rings (SSSR count). The maximum absolute atomic E-state index is 6.25. The zero-order chi connectivity index (χ0) is 15.6. The number of nitrogens with zero attached hydrogens (tertiary/aromatic N) is 2. The van der Waals surface area contributed by atoms with E-state index in [0.717, 1.165) is 20.6 Å². The van der Waals surface area contributed by atoms with Crippen LogP contribution in [0.5, 0.6) is 5.75 Å². The lowest BCUT2D eigenvalue weighted by Crippen LogP contribution is -2.06. The van der Waals surface area contributed by atoms with Crippen molar-refractivity contribution in [2.24, 2.45) is 0 Å². The molecule has 0 fully saturated rings. The number of rotatable bonds is 4. The van der Waals surface area contributed by atoms with Crippen LogP contribution in [0.3, 0.4) is 0 Å². The van der Waals surface area contributed by atoms with Crippen LogP contribution in [-0.4, -0.2) is 16.1 Å². The zero-order valence-electron chi connectivity index (χ0n) is 12.5. The molecule has 1 aromatic heterocycles. The summed E-state index contributed by atoms with van der Waals surface area (Å²) in [4.78, 5) is 9.06. The molecule has 21 heavy (non-hydrogen) atoms. The standard InChI is InChI=1S/C16H18ClIN2O/c1-9(2)14-13(18)15(17)20-16(19-14)11-6-5-7-12(8-11)21-10(3)4/h5-10H,1-4H3. The van der Waals surface area contributed by atoms with E-state index in [1.807, 2.05) is 38.1 Å². The minimum absolute atomic E-state index is 0.132. The fourth-order valence-electron chi connectivity index (χ4n) is 1.93. The zero-order valence-corrected chi connectivity index (χ0v) is 15.4. The molecule has 3 nitrogen and oxygen atoms in total. The summed E-state index contributed by atoms with van der Waals surface area (Å²) in [6.07, 6.45) is 0.132. The highest BCUT2D eigenvalue weighted by atomic mass is 127. The molecule has 112 valence electrons. The van der Waals surface area contributed by atoms with Gasteiger partial charge in [0.25, 0.3) is 0 Å². The van der Waals surface area contributed by atoms with Gasteiger partial charge in [-0.3, -0.25) is 0 Å². The van der Waals surface area contributed by atoms with E-state index in [-0.39, 0.29) is 6.10 Å². The van der Waals surface area contributed by atoms with E-state index in [1.54, 1.807) is 0 Å². The Labute approximate surface area is 144 Å². The van der Waals surface area contributed by atoms with Crippen molar-refractivity contribution in [2.75, 3.05) is 0 Å². The Morgan fingerprint density at radius 2 is 1.86 bits per heavy atom. The molecule has 0 aliphatic heterocycles. The van der Waals surface area contributed by atoms with Gasteiger partial charge >= 0.3 is 0 Å². The first-order chi connectivity index (χ1) is 9.88. The third-order valence-electron chi connectivity index (χ3n) is 2.85. The molecule has 0 bridgehead atoms. The minimum Gasteiger partial charge on any atom is -0.491 e. The largest absolute Gasteiger partial charge is 0.491 e. The second kappa shape index (κ2) is 6.92. The summed E-state index contributed by atoms with van der Waals surface area (Å²) < 4.78 is 6.64. The van der Waals surface area contributed by atoms with Crippen molar-refractivity contribution < 1.29 is 4.74 Å². The van der Waals surface area contributed by atoms with Gasteiger partial charge in [0, 0.05) is 5.56 Å². The fourth-order valence-corrected chi connectivity index (χ4v) is 2.97. The van der Waals surface area contributed by atoms with Gasteiger partial charge in [-0.05, 0) is 54.5 Å². The second-order valence-electron chi connectivity index (χ2n) is 5.39. The molecule has 0 atom stereocenters. The van der Waals surface area contributed by atoms with Crippen molar-refractivity contribution in [3.63, 3.8) is 0 Å². The third kappa shape index (κ3) is 4.07. The van der Waals surface area contributed by atoms with Gasteiger partial charge in [0.1, 0.15) is 10.9 Å². The fraction of sp³-hybridized carbons (Fsp3) is 0.375. The molecule has 0 radical (unpaired) electrons. The number of aromatic nitrogens is 2. The van der Waals surface area contributed by atoms with Crippen LogP contribution in [0, 0.1) is 3.57 Å². The summed E-state index contributed by atoms with van der Waals surface area (Å²) in [5.74, 6) is 1.75. The lowest BCUT2D eigenvalue weighted by atomic mass is 10.1. The molecule has 0 saturated carbocycles. The van der Waals surface area contributed by atoms with E-state index in [1.165, 1.54) is 0 Å². The van der Waals surface area contributed by atoms with E-state index in [4.69, 9.17) is 16.3 Å². The highest BCUT2D eigenvalue weighted by Gasteiger charge is 2.15. The van der Waals surface area contributed by atoms with E-state index in [0.29, 0.717) is 16.9 Å². The number of halogens is 2. The predicted octanol–water partition coefficient (Wildman–Crippen LogP) is 5.31. The maximum atomic E-state index is 6.25. The normalized spacial score (nSPS) is 11.2. The van der Waals surface area contributed by atoms with Crippen LogP contribution in [0.2, 0.25) is 5.15 Å². The average Bonchev–Trinajstić information content (AvgIpc) is 2.41. The van der Waals surface area contributed by atoms with Crippen molar-refractivity contribution in [3.05, 3.63) is 38.7 Å². The Kier molecular flexibility index (Phi) is 5.43. The molecular weight excluding hydrogens is 399 g/mol. The molecule has 0 aliphatic rings. The van der Waals surface area contributed by atoms with Gasteiger partial charge in [-0.25, -0.2) is 9.97 Å². The lowest BCUT2D eigenvalue weighted by Gasteiger charge is -2.13. The van der Waals surface area contributed by atoms with Gasteiger partial charge in [-0.15, -0.1) is 0 Å². The molecule has 1 heterocycles. The quantitative estimate of drug-likeness (QED) is 0.500. The highest BCUT2D eigenvalue weighted by Crippen LogP contribution is 2.29. The Bertz CT molecular complexity index is 644. The van der Waals surface area contributed by atoms with Crippen molar-refractivity contribution in [2.45, 2.75) is 39.7 Å². The molecule has 0 aliphatic carbocycles. The molecule has 0 saturated heterocycles. The second-order valence-corrected chi connectivity index (χ2v) is 6.82. The Balaban J connectivity index is 2.47. The SMILES string of the molecule is CC(C)Oc1cccc(-c2nc(Cl)c(I)c(C(C)C)n2)c1. The Hall–Kier alpha value is -0.880. The lowest BCUT2D eigenvalue weighted by molar-refractivity contribution is 0.242. The van der Waals surface area contributed by atoms with Crippen molar-refractivity contribution in [1.82, 2.24) is 9.97 Å². The van der Waals surface area contributed by atoms with E-state index >= 15 is 0 Å². The molecular formula is C16H18ClIN2O. The van der Waals surface area contributed by atoms with Gasteiger partial charge in [0.05, 0.1) is 15.4 Å². The molecule has 0 N–H and O–H groups in total. The molecule has 0 amide bonds. The van der Waals surface area contributed by atoms with E-state index < -0.39 is 0 Å². The minimum atomic E-state index is 0.132. The van der Waals surface area contributed by atoms with Crippen LogP contribution < -0.4 is 4.74 Å². The number of ether oxygens (including phenoxy) is 1. The molecule has 5 heteroatoms. The smallest absolute Gasteiger partial charge is 0.161 e. The summed E-state index contributed by atoms with van der Waals surface area (Å²) in [7, 11) is 0. The van der Waals surface area contributed by atoms with Gasteiger partial charge in [0.2, 0.25) is 0 Å².